The summed E-state index contributed by atoms with van der Waals surface area (Å²) in [5.74, 6) is 0.396. The van der Waals surface area contributed by atoms with Crippen molar-refractivity contribution < 1.29 is 9.59 Å². The molecule has 5 nitrogen and oxygen atoms in total. The van der Waals surface area contributed by atoms with Gasteiger partial charge in [-0.2, -0.15) is 0 Å². The Labute approximate surface area is 121 Å². The molecule has 2 rings (SSSR count). The molecule has 0 bridgehead atoms. The van der Waals surface area contributed by atoms with Gasteiger partial charge in [0.1, 0.15) is 0 Å². The van der Waals surface area contributed by atoms with Crippen molar-refractivity contribution >= 4 is 11.8 Å². The van der Waals surface area contributed by atoms with Crippen LogP contribution in [0.15, 0.2) is 0 Å². The molecule has 0 aromatic carbocycles. The lowest BCUT2D eigenvalue weighted by Crippen LogP contribution is -2.63. The van der Waals surface area contributed by atoms with Gasteiger partial charge in [-0.25, -0.2) is 0 Å². The molecule has 2 heterocycles. The summed E-state index contributed by atoms with van der Waals surface area (Å²) in [6, 6.07) is 0.488. The van der Waals surface area contributed by atoms with Crippen molar-refractivity contribution in [2.45, 2.75) is 45.6 Å². The first-order chi connectivity index (χ1) is 9.56. The van der Waals surface area contributed by atoms with Gasteiger partial charge < -0.3 is 10.6 Å². The summed E-state index contributed by atoms with van der Waals surface area (Å²) in [7, 11) is 0. The molecule has 114 valence electrons. The lowest BCUT2D eigenvalue weighted by Gasteiger charge is -2.48. The lowest BCUT2D eigenvalue weighted by molar-refractivity contribution is -0.144. The molecule has 2 aliphatic rings. The monoisotopic (exact) mass is 281 g/mol. The van der Waals surface area contributed by atoms with Crippen LogP contribution in [0.25, 0.3) is 0 Å². The molecule has 2 N–H and O–H groups in total. The second-order valence-electron chi connectivity index (χ2n) is 6.12. The molecule has 0 aromatic heterocycles. The number of hydrogen-bond acceptors (Lipinski definition) is 3. The minimum atomic E-state index is -0.163. The lowest BCUT2D eigenvalue weighted by atomic mass is 9.93. The molecule has 5 heteroatoms. The second-order valence-corrected chi connectivity index (χ2v) is 6.12. The Kier molecular flexibility index (Phi) is 5.02. The van der Waals surface area contributed by atoms with Gasteiger partial charge in [0.05, 0.1) is 0 Å². The summed E-state index contributed by atoms with van der Waals surface area (Å²) in [4.78, 5) is 27.8. The van der Waals surface area contributed by atoms with E-state index in [4.69, 9.17) is 5.73 Å². The third-order valence-corrected chi connectivity index (χ3v) is 4.96. The number of nitrogens with two attached hydrogens (primary N) is 1. The van der Waals surface area contributed by atoms with E-state index in [2.05, 4.69) is 18.7 Å². The van der Waals surface area contributed by atoms with Crippen LogP contribution in [0.4, 0.5) is 0 Å². The zero-order valence-electron chi connectivity index (χ0n) is 12.7. The summed E-state index contributed by atoms with van der Waals surface area (Å²) in [5.41, 5.74) is 5.35. The zero-order valence-corrected chi connectivity index (χ0v) is 12.7. The van der Waals surface area contributed by atoms with Crippen LogP contribution in [0, 0.1) is 11.8 Å². The third-order valence-electron chi connectivity index (χ3n) is 4.96. The van der Waals surface area contributed by atoms with Gasteiger partial charge in [-0.05, 0) is 38.8 Å². The van der Waals surface area contributed by atoms with Crippen molar-refractivity contribution in [3.05, 3.63) is 0 Å². The summed E-state index contributed by atoms with van der Waals surface area (Å²) in [5, 5.41) is 0. The van der Waals surface area contributed by atoms with Gasteiger partial charge in [-0.3, -0.25) is 14.5 Å². The fourth-order valence-electron chi connectivity index (χ4n) is 3.31. The van der Waals surface area contributed by atoms with Crippen LogP contribution in [-0.2, 0) is 9.59 Å². The SMILES string of the molecule is CCC(CC)C(=O)N1CC(N2CCC(C(N)=O)CC2)C1. The molecule has 2 amide bonds. The van der Waals surface area contributed by atoms with Gasteiger partial charge in [-0.1, -0.05) is 13.8 Å². The number of rotatable bonds is 5. The van der Waals surface area contributed by atoms with Gasteiger partial charge in [0.2, 0.25) is 11.8 Å². The van der Waals surface area contributed by atoms with E-state index in [0.717, 1.165) is 51.9 Å². The molecule has 2 fully saturated rings. The fourth-order valence-corrected chi connectivity index (χ4v) is 3.31. The first kappa shape index (κ1) is 15.3. The number of hydrogen-bond donors (Lipinski definition) is 1. The number of likely N-dealkylation sites (tertiary alicyclic amines) is 2. The van der Waals surface area contributed by atoms with Crippen molar-refractivity contribution in [1.29, 1.82) is 0 Å². The number of nitrogens with zero attached hydrogens (tertiary/aromatic N) is 2. The average Bonchev–Trinajstić information content (AvgIpc) is 2.39. The van der Waals surface area contributed by atoms with E-state index < -0.39 is 0 Å². The quantitative estimate of drug-likeness (QED) is 0.811. The highest BCUT2D eigenvalue weighted by Crippen LogP contribution is 2.25. The van der Waals surface area contributed by atoms with Gasteiger partial charge in [0.25, 0.3) is 0 Å². The molecule has 2 saturated heterocycles. The highest BCUT2D eigenvalue weighted by molar-refractivity contribution is 5.79. The van der Waals surface area contributed by atoms with Crippen LogP contribution in [-0.4, -0.2) is 53.8 Å². The number of primary amides is 1. The van der Waals surface area contributed by atoms with Gasteiger partial charge in [-0.15, -0.1) is 0 Å². The van der Waals surface area contributed by atoms with Crippen molar-refractivity contribution in [3.8, 4) is 0 Å². The van der Waals surface area contributed by atoms with E-state index in [1.165, 1.54) is 0 Å². The van der Waals surface area contributed by atoms with Crippen molar-refractivity contribution in [1.82, 2.24) is 9.80 Å². The largest absolute Gasteiger partial charge is 0.369 e. The van der Waals surface area contributed by atoms with Crippen LogP contribution in [0.2, 0.25) is 0 Å². The summed E-state index contributed by atoms with van der Waals surface area (Å²) >= 11 is 0. The Morgan fingerprint density at radius 3 is 2.15 bits per heavy atom. The first-order valence-electron chi connectivity index (χ1n) is 7.88. The van der Waals surface area contributed by atoms with Gasteiger partial charge >= 0.3 is 0 Å². The Bertz CT molecular complexity index is 354. The molecule has 0 radical (unpaired) electrons. The van der Waals surface area contributed by atoms with Crippen LogP contribution in [0.1, 0.15) is 39.5 Å². The number of carbonyl (C=O) groups excluding carboxylic acids is 2. The minimum Gasteiger partial charge on any atom is -0.369 e. The number of piperidine rings is 1. The minimum absolute atomic E-state index is 0.0497. The predicted molar refractivity (Wildman–Crippen MR) is 77.9 cm³/mol. The van der Waals surface area contributed by atoms with Crippen LogP contribution in [0.5, 0.6) is 0 Å². The van der Waals surface area contributed by atoms with Crippen molar-refractivity contribution in [3.63, 3.8) is 0 Å². The van der Waals surface area contributed by atoms with Crippen LogP contribution < -0.4 is 5.73 Å². The standard InChI is InChI=1S/C15H27N3O2/c1-3-11(4-2)15(20)18-9-13(10-18)17-7-5-12(6-8-17)14(16)19/h11-13H,3-10H2,1-2H3,(H2,16,19). The van der Waals surface area contributed by atoms with Gasteiger partial charge in [0, 0.05) is 31.0 Å². The van der Waals surface area contributed by atoms with E-state index in [1.807, 2.05) is 4.90 Å². The number of amides is 2. The Morgan fingerprint density at radius 2 is 1.70 bits per heavy atom. The van der Waals surface area contributed by atoms with Crippen LogP contribution in [0.3, 0.4) is 0 Å². The van der Waals surface area contributed by atoms with Crippen LogP contribution >= 0.6 is 0 Å². The highest BCUT2D eigenvalue weighted by Gasteiger charge is 2.38. The summed E-state index contributed by atoms with van der Waals surface area (Å²) in [6.07, 6.45) is 3.60. The third kappa shape index (κ3) is 3.14. The number of carbonyl (C=O) groups is 2. The average molecular weight is 281 g/mol. The molecular formula is C15H27N3O2. The highest BCUT2D eigenvalue weighted by atomic mass is 16.2. The molecule has 0 aliphatic carbocycles. The topological polar surface area (TPSA) is 66.6 Å². The van der Waals surface area contributed by atoms with E-state index in [9.17, 15) is 9.59 Å². The normalized spacial score (nSPS) is 22.1. The first-order valence-corrected chi connectivity index (χ1v) is 7.88. The van der Waals surface area contributed by atoms with E-state index in [0.29, 0.717) is 11.9 Å². The molecule has 20 heavy (non-hydrogen) atoms. The molecule has 0 unspecified atom stereocenters. The molecular weight excluding hydrogens is 254 g/mol. The smallest absolute Gasteiger partial charge is 0.225 e. The zero-order chi connectivity index (χ0) is 14.7. The molecule has 0 spiro atoms. The fraction of sp³-hybridized carbons (Fsp3) is 0.867. The summed E-state index contributed by atoms with van der Waals surface area (Å²) in [6.45, 7) is 7.75. The second kappa shape index (κ2) is 6.57. The summed E-state index contributed by atoms with van der Waals surface area (Å²) < 4.78 is 0. The Balaban J connectivity index is 1.74. The predicted octanol–water partition coefficient (Wildman–Crippen LogP) is 0.831. The Hall–Kier alpha value is -1.10. The Morgan fingerprint density at radius 1 is 1.15 bits per heavy atom. The maximum absolute atomic E-state index is 12.2. The maximum Gasteiger partial charge on any atom is 0.225 e. The van der Waals surface area contributed by atoms with E-state index in [1.54, 1.807) is 0 Å². The molecule has 0 atom stereocenters. The van der Waals surface area contributed by atoms with Crippen molar-refractivity contribution in [2.75, 3.05) is 26.2 Å². The molecule has 0 aromatic rings. The van der Waals surface area contributed by atoms with E-state index in [-0.39, 0.29) is 17.7 Å². The van der Waals surface area contributed by atoms with Crippen molar-refractivity contribution in [2.24, 2.45) is 17.6 Å². The van der Waals surface area contributed by atoms with Gasteiger partial charge in [0.15, 0.2) is 0 Å². The molecule has 2 aliphatic heterocycles. The maximum atomic E-state index is 12.2. The molecule has 0 saturated carbocycles. The van der Waals surface area contributed by atoms with E-state index >= 15 is 0 Å².